The fourth-order valence-corrected chi connectivity index (χ4v) is 2.58. The average Bonchev–Trinajstić information content (AvgIpc) is 2.79. The van der Waals surface area contributed by atoms with Gasteiger partial charge in [0.05, 0.1) is 11.8 Å². The maximum absolute atomic E-state index is 11.7. The molecule has 6 nitrogen and oxygen atoms in total. The van der Waals surface area contributed by atoms with E-state index in [4.69, 9.17) is 0 Å². The number of hydrogen-bond acceptors (Lipinski definition) is 4. The maximum atomic E-state index is 11.7. The summed E-state index contributed by atoms with van der Waals surface area (Å²) in [6.07, 6.45) is 6.88. The Balaban J connectivity index is 1.78. The summed E-state index contributed by atoms with van der Waals surface area (Å²) < 4.78 is 1.46. The first-order valence-corrected chi connectivity index (χ1v) is 6.41. The second-order valence-corrected chi connectivity index (χ2v) is 5.30. The third-order valence-electron chi connectivity index (χ3n) is 3.46. The molecule has 18 heavy (non-hydrogen) atoms. The highest BCUT2D eigenvalue weighted by Crippen LogP contribution is 2.31. The van der Waals surface area contributed by atoms with Crippen LogP contribution in [0.3, 0.4) is 0 Å². The molecule has 0 bridgehead atoms. The molecule has 100 valence electrons. The highest BCUT2D eigenvalue weighted by molar-refractivity contribution is 5.75. The van der Waals surface area contributed by atoms with Crippen LogP contribution >= 0.6 is 0 Å². The van der Waals surface area contributed by atoms with Crippen molar-refractivity contribution in [1.82, 2.24) is 20.3 Å². The van der Waals surface area contributed by atoms with Crippen molar-refractivity contribution in [2.24, 2.45) is 5.92 Å². The van der Waals surface area contributed by atoms with Crippen LogP contribution in [0.5, 0.6) is 0 Å². The molecule has 0 radical (unpaired) electrons. The Bertz CT molecular complexity index is 393. The number of nitrogens with zero attached hydrogens (tertiary/aromatic N) is 3. The lowest BCUT2D eigenvalue weighted by Gasteiger charge is -2.35. The smallest absolute Gasteiger partial charge is 0.241 e. The molecule has 1 amide bonds. The van der Waals surface area contributed by atoms with Crippen molar-refractivity contribution < 1.29 is 9.90 Å². The van der Waals surface area contributed by atoms with E-state index < -0.39 is 5.60 Å². The Labute approximate surface area is 106 Å². The largest absolute Gasteiger partial charge is 0.388 e. The van der Waals surface area contributed by atoms with Crippen molar-refractivity contribution in [3.05, 3.63) is 12.4 Å². The Morgan fingerprint density at radius 1 is 1.67 bits per heavy atom. The van der Waals surface area contributed by atoms with Crippen LogP contribution in [-0.2, 0) is 11.3 Å². The summed E-state index contributed by atoms with van der Waals surface area (Å²) in [6, 6.07) is 0. The standard InChI is InChI=1S/C12H20N4O2/c1-10-3-2-4-12(18,7-10)9-13-11(17)8-16-6-5-14-15-16/h5-6,10,18H,2-4,7-9H2,1H3,(H,13,17). The topological polar surface area (TPSA) is 80.0 Å². The summed E-state index contributed by atoms with van der Waals surface area (Å²) in [7, 11) is 0. The average molecular weight is 252 g/mol. The van der Waals surface area contributed by atoms with Crippen LogP contribution in [0.25, 0.3) is 0 Å². The molecule has 1 aromatic heterocycles. The molecule has 0 aromatic carbocycles. The van der Waals surface area contributed by atoms with Gasteiger partial charge >= 0.3 is 0 Å². The second-order valence-electron chi connectivity index (χ2n) is 5.30. The lowest BCUT2D eigenvalue weighted by Crippen LogP contribution is -2.46. The van der Waals surface area contributed by atoms with Crippen molar-refractivity contribution in [1.29, 1.82) is 0 Å². The van der Waals surface area contributed by atoms with E-state index in [2.05, 4.69) is 22.6 Å². The molecule has 0 spiro atoms. The summed E-state index contributed by atoms with van der Waals surface area (Å²) >= 11 is 0. The Morgan fingerprint density at radius 3 is 3.17 bits per heavy atom. The molecular weight excluding hydrogens is 232 g/mol. The lowest BCUT2D eigenvalue weighted by atomic mass is 9.79. The zero-order valence-corrected chi connectivity index (χ0v) is 10.7. The number of aliphatic hydroxyl groups is 1. The molecule has 1 aromatic rings. The van der Waals surface area contributed by atoms with Crippen LogP contribution in [0.1, 0.15) is 32.6 Å². The Kier molecular flexibility index (Phi) is 3.96. The minimum atomic E-state index is -0.740. The van der Waals surface area contributed by atoms with Gasteiger partial charge < -0.3 is 10.4 Å². The molecule has 1 heterocycles. The predicted molar refractivity (Wildman–Crippen MR) is 65.6 cm³/mol. The summed E-state index contributed by atoms with van der Waals surface area (Å²) in [5.74, 6) is 0.378. The number of carbonyl (C=O) groups is 1. The Hall–Kier alpha value is -1.43. The maximum Gasteiger partial charge on any atom is 0.241 e. The van der Waals surface area contributed by atoms with E-state index in [-0.39, 0.29) is 12.5 Å². The van der Waals surface area contributed by atoms with Crippen molar-refractivity contribution >= 4 is 5.91 Å². The van der Waals surface area contributed by atoms with E-state index in [1.165, 1.54) is 10.9 Å². The SMILES string of the molecule is CC1CCCC(O)(CNC(=O)Cn2ccnn2)C1. The molecule has 1 aliphatic carbocycles. The third kappa shape index (κ3) is 3.53. The van der Waals surface area contributed by atoms with Crippen LogP contribution < -0.4 is 5.32 Å². The molecule has 1 aliphatic rings. The van der Waals surface area contributed by atoms with E-state index in [0.717, 1.165) is 25.7 Å². The molecular formula is C12H20N4O2. The van der Waals surface area contributed by atoms with Gasteiger partial charge in [-0.2, -0.15) is 0 Å². The monoisotopic (exact) mass is 252 g/mol. The number of amides is 1. The van der Waals surface area contributed by atoms with Gasteiger partial charge in [-0.1, -0.05) is 25.0 Å². The third-order valence-corrected chi connectivity index (χ3v) is 3.46. The molecule has 2 unspecified atom stereocenters. The normalized spacial score (nSPS) is 28.0. The van der Waals surface area contributed by atoms with Gasteiger partial charge in [0.25, 0.3) is 0 Å². The van der Waals surface area contributed by atoms with Gasteiger partial charge in [-0.25, -0.2) is 4.68 Å². The van der Waals surface area contributed by atoms with Crippen LogP contribution in [0.4, 0.5) is 0 Å². The number of hydrogen-bond donors (Lipinski definition) is 2. The molecule has 1 fully saturated rings. The molecule has 6 heteroatoms. The number of rotatable bonds is 4. The quantitative estimate of drug-likeness (QED) is 0.809. The van der Waals surface area contributed by atoms with Crippen LogP contribution in [-0.4, -0.2) is 38.2 Å². The van der Waals surface area contributed by atoms with Crippen molar-refractivity contribution in [3.8, 4) is 0 Å². The van der Waals surface area contributed by atoms with Crippen LogP contribution in [0, 0.1) is 5.92 Å². The van der Waals surface area contributed by atoms with E-state index in [0.29, 0.717) is 12.5 Å². The summed E-state index contributed by atoms with van der Waals surface area (Å²) in [5, 5.41) is 20.5. The molecule has 2 rings (SSSR count). The first kappa shape index (κ1) is 13.0. The fraction of sp³-hybridized carbons (Fsp3) is 0.750. The number of nitrogens with one attached hydrogen (secondary N) is 1. The van der Waals surface area contributed by atoms with Gasteiger partial charge in [-0.05, 0) is 18.8 Å². The van der Waals surface area contributed by atoms with Crippen molar-refractivity contribution in [2.75, 3.05) is 6.54 Å². The van der Waals surface area contributed by atoms with Gasteiger partial charge in [-0.15, -0.1) is 5.10 Å². The minimum Gasteiger partial charge on any atom is -0.388 e. The first-order chi connectivity index (χ1) is 8.57. The molecule has 2 atom stereocenters. The molecule has 2 N–H and O–H groups in total. The summed E-state index contributed by atoms with van der Waals surface area (Å²) in [5.41, 5.74) is -0.740. The summed E-state index contributed by atoms with van der Waals surface area (Å²) in [6.45, 7) is 2.61. The minimum absolute atomic E-state index is 0.144. The zero-order valence-electron chi connectivity index (χ0n) is 10.7. The lowest BCUT2D eigenvalue weighted by molar-refractivity contribution is -0.123. The Morgan fingerprint density at radius 2 is 2.50 bits per heavy atom. The zero-order chi connectivity index (χ0) is 13.0. The van der Waals surface area contributed by atoms with Crippen molar-refractivity contribution in [2.45, 2.75) is 44.8 Å². The fourth-order valence-electron chi connectivity index (χ4n) is 2.58. The van der Waals surface area contributed by atoms with E-state index in [1.807, 2.05) is 0 Å². The van der Waals surface area contributed by atoms with E-state index in [1.54, 1.807) is 6.20 Å². The number of aromatic nitrogens is 3. The second kappa shape index (κ2) is 5.48. The summed E-state index contributed by atoms with van der Waals surface area (Å²) in [4.78, 5) is 11.7. The highest BCUT2D eigenvalue weighted by atomic mass is 16.3. The highest BCUT2D eigenvalue weighted by Gasteiger charge is 2.32. The first-order valence-electron chi connectivity index (χ1n) is 6.41. The molecule has 1 saturated carbocycles. The van der Waals surface area contributed by atoms with Crippen LogP contribution in [0.2, 0.25) is 0 Å². The predicted octanol–water partition coefficient (Wildman–Crippen LogP) is 0.335. The molecule has 0 aliphatic heterocycles. The molecule has 0 saturated heterocycles. The van der Waals surface area contributed by atoms with Gasteiger partial charge in [0, 0.05) is 12.7 Å². The van der Waals surface area contributed by atoms with Crippen LogP contribution in [0.15, 0.2) is 12.4 Å². The number of carbonyl (C=O) groups excluding carboxylic acids is 1. The van der Waals surface area contributed by atoms with Gasteiger partial charge in [-0.3, -0.25) is 4.79 Å². The van der Waals surface area contributed by atoms with Gasteiger partial charge in [0.2, 0.25) is 5.91 Å². The van der Waals surface area contributed by atoms with E-state index >= 15 is 0 Å². The van der Waals surface area contributed by atoms with Gasteiger partial charge in [0.1, 0.15) is 6.54 Å². The van der Waals surface area contributed by atoms with Gasteiger partial charge in [0.15, 0.2) is 0 Å². The van der Waals surface area contributed by atoms with E-state index in [9.17, 15) is 9.90 Å². The van der Waals surface area contributed by atoms with Crippen molar-refractivity contribution in [3.63, 3.8) is 0 Å².